The molecule has 0 aliphatic heterocycles. The highest BCUT2D eigenvalue weighted by Crippen LogP contribution is 2.26. The quantitative estimate of drug-likeness (QED) is 0.718. The van der Waals surface area contributed by atoms with Crippen LogP contribution in [0.5, 0.6) is 0 Å². The summed E-state index contributed by atoms with van der Waals surface area (Å²) in [5.41, 5.74) is 1.34. The molecule has 8 heteroatoms. The van der Waals surface area contributed by atoms with Crippen molar-refractivity contribution in [2.24, 2.45) is 0 Å². The number of hydrogen-bond acceptors (Lipinski definition) is 5. The van der Waals surface area contributed by atoms with Crippen LogP contribution < -0.4 is 4.90 Å². The minimum Gasteiger partial charge on any atom is -0.308 e. The Bertz CT molecular complexity index is 698. The summed E-state index contributed by atoms with van der Waals surface area (Å²) in [4.78, 5) is 18.0. The topological polar surface area (TPSA) is 74.8 Å². The average Bonchev–Trinajstić information content (AvgIpc) is 2.95. The summed E-state index contributed by atoms with van der Waals surface area (Å²) in [6.45, 7) is 2.38. The summed E-state index contributed by atoms with van der Waals surface area (Å²) < 4.78 is 1.60. The van der Waals surface area contributed by atoms with Crippen molar-refractivity contribution in [3.8, 4) is 11.8 Å². The third-order valence-electron chi connectivity index (χ3n) is 3.05. The maximum absolute atomic E-state index is 12.4. The van der Waals surface area contributed by atoms with Gasteiger partial charge in [0, 0.05) is 24.9 Å². The van der Waals surface area contributed by atoms with E-state index >= 15 is 0 Å². The molecular weight excluding hydrogens is 334 g/mol. The number of nitrogens with zero attached hydrogens (tertiary/aromatic N) is 5. The molecule has 0 aromatic carbocycles. The van der Waals surface area contributed by atoms with Crippen molar-refractivity contribution in [2.75, 3.05) is 23.0 Å². The van der Waals surface area contributed by atoms with Crippen molar-refractivity contribution >= 4 is 35.0 Å². The Morgan fingerprint density at radius 1 is 1.57 bits per heavy atom. The SMILES string of the molecule is CCN(C(=O)CSCCC#N)c1cn(-c2cccnc2)nc1Cl. The number of aromatic nitrogens is 3. The van der Waals surface area contributed by atoms with Gasteiger partial charge in [-0.25, -0.2) is 4.68 Å². The van der Waals surface area contributed by atoms with Crippen molar-refractivity contribution in [1.29, 1.82) is 5.26 Å². The van der Waals surface area contributed by atoms with E-state index in [1.165, 1.54) is 11.8 Å². The summed E-state index contributed by atoms with van der Waals surface area (Å²) in [7, 11) is 0. The van der Waals surface area contributed by atoms with Crippen LogP contribution in [0.3, 0.4) is 0 Å². The van der Waals surface area contributed by atoms with E-state index < -0.39 is 0 Å². The van der Waals surface area contributed by atoms with Crippen molar-refractivity contribution in [1.82, 2.24) is 14.8 Å². The molecule has 0 fully saturated rings. The van der Waals surface area contributed by atoms with E-state index in [0.717, 1.165) is 5.69 Å². The van der Waals surface area contributed by atoms with Gasteiger partial charge in [0.15, 0.2) is 5.15 Å². The minimum absolute atomic E-state index is 0.0527. The molecule has 0 unspecified atom stereocenters. The third-order valence-corrected chi connectivity index (χ3v) is 4.27. The van der Waals surface area contributed by atoms with Crippen molar-refractivity contribution in [2.45, 2.75) is 13.3 Å². The van der Waals surface area contributed by atoms with E-state index in [1.54, 1.807) is 34.2 Å². The van der Waals surface area contributed by atoms with Gasteiger partial charge in [-0.2, -0.15) is 22.1 Å². The molecule has 2 aromatic rings. The Hall–Kier alpha value is -2.04. The number of carbonyl (C=O) groups excluding carboxylic acids is 1. The van der Waals surface area contributed by atoms with Crippen molar-refractivity contribution < 1.29 is 4.79 Å². The molecule has 0 spiro atoms. The fourth-order valence-corrected chi connectivity index (χ4v) is 2.93. The van der Waals surface area contributed by atoms with Gasteiger partial charge in [0.2, 0.25) is 5.91 Å². The van der Waals surface area contributed by atoms with Gasteiger partial charge in [-0.3, -0.25) is 9.78 Å². The first-order valence-corrected chi connectivity index (χ1v) is 8.61. The van der Waals surface area contributed by atoms with Crippen LogP contribution in [0.2, 0.25) is 5.15 Å². The number of anilines is 1. The summed E-state index contributed by atoms with van der Waals surface area (Å²) in [6, 6.07) is 5.72. The number of nitriles is 1. The lowest BCUT2D eigenvalue weighted by molar-refractivity contribution is -0.116. The molecule has 0 saturated carbocycles. The van der Waals surface area contributed by atoms with Crippen molar-refractivity contribution in [3.63, 3.8) is 0 Å². The molecule has 0 saturated heterocycles. The number of amides is 1. The fraction of sp³-hybridized carbons (Fsp3) is 0.333. The van der Waals surface area contributed by atoms with Crippen LogP contribution in [0.25, 0.3) is 5.69 Å². The van der Waals surface area contributed by atoms with E-state index in [-0.39, 0.29) is 11.1 Å². The number of rotatable bonds is 7. The summed E-state index contributed by atoms with van der Waals surface area (Å²) in [5, 5.41) is 13.0. The van der Waals surface area contributed by atoms with Gasteiger partial charge in [-0.15, -0.1) is 0 Å². The van der Waals surface area contributed by atoms with E-state index in [1.807, 2.05) is 13.0 Å². The Labute approximate surface area is 144 Å². The van der Waals surface area contributed by atoms with Gasteiger partial charge in [0.25, 0.3) is 0 Å². The average molecular weight is 350 g/mol. The summed E-state index contributed by atoms with van der Waals surface area (Å²) >= 11 is 7.64. The number of halogens is 1. The molecule has 0 N–H and O–H groups in total. The van der Waals surface area contributed by atoms with Gasteiger partial charge in [-0.05, 0) is 19.1 Å². The summed E-state index contributed by atoms with van der Waals surface area (Å²) in [5.74, 6) is 0.898. The Morgan fingerprint density at radius 2 is 2.39 bits per heavy atom. The van der Waals surface area contributed by atoms with Crippen molar-refractivity contribution in [3.05, 3.63) is 35.9 Å². The highest BCUT2D eigenvalue weighted by Gasteiger charge is 2.20. The monoisotopic (exact) mass is 349 g/mol. The lowest BCUT2D eigenvalue weighted by Crippen LogP contribution is -2.32. The molecule has 0 aliphatic rings. The molecule has 1 amide bonds. The van der Waals surface area contributed by atoms with Crippen LogP contribution in [-0.4, -0.2) is 38.7 Å². The largest absolute Gasteiger partial charge is 0.308 e. The summed E-state index contributed by atoms with van der Waals surface area (Å²) in [6.07, 6.45) is 5.50. The molecular formula is C15H16ClN5OS. The van der Waals surface area contributed by atoms with E-state index in [0.29, 0.717) is 30.2 Å². The first kappa shape index (κ1) is 17.3. The lowest BCUT2D eigenvalue weighted by Gasteiger charge is -2.19. The number of hydrogen-bond donors (Lipinski definition) is 0. The maximum atomic E-state index is 12.4. The first-order chi connectivity index (χ1) is 11.2. The predicted octanol–water partition coefficient (Wildman–Crippen LogP) is 2.92. The smallest absolute Gasteiger partial charge is 0.237 e. The van der Waals surface area contributed by atoms with Crippen LogP contribution in [0, 0.1) is 11.3 Å². The van der Waals surface area contributed by atoms with Gasteiger partial charge < -0.3 is 4.90 Å². The van der Waals surface area contributed by atoms with Gasteiger partial charge in [0.05, 0.1) is 29.9 Å². The maximum Gasteiger partial charge on any atom is 0.237 e. The molecule has 0 atom stereocenters. The van der Waals surface area contributed by atoms with Crippen LogP contribution >= 0.6 is 23.4 Å². The number of pyridine rings is 1. The van der Waals surface area contributed by atoms with Crippen LogP contribution in [0.1, 0.15) is 13.3 Å². The minimum atomic E-state index is -0.0527. The molecule has 2 aromatic heterocycles. The van der Waals surface area contributed by atoms with Gasteiger partial charge in [0.1, 0.15) is 5.69 Å². The third kappa shape index (κ3) is 4.47. The predicted molar refractivity (Wildman–Crippen MR) is 92.0 cm³/mol. The number of carbonyl (C=O) groups is 1. The van der Waals surface area contributed by atoms with Crippen LogP contribution in [0.15, 0.2) is 30.7 Å². The molecule has 120 valence electrons. The molecule has 0 aliphatic carbocycles. The Kier molecular flexibility index (Phi) is 6.44. The normalized spacial score (nSPS) is 10.3. The molecule has 6 nitrogen and oxygen atoms in total. The van der Waals surface area contributed by atoms with Gasteiger partial charge in [-0.1, -0.05) is 11.6 Å². The van der Waals surface area contributed by atoms with E-state index in [2.05, 4.69) is 16.2 Å². The lowest BCUT2D eigenvalue weighted by atomic mass is 10.4. The zero-order valence-corrected chi connectivity index (χ0v) is 14.2. The molecule has 23 heavy (non-hydrogen) atoms. The zero-order valence-electron chi connectivity index (χ0n) is 12.6. The van der Waals surface area contributed by atoms with Gasteiger partial charge >= 0.3 is 0 Å². The zero-order chi connectivity index (χ0) is 16.7. The fourth-order valence-electron chi connectivity index (χ4n) is 1.98. The second-order valence-electron chi connectivity index (χ2n) is 4.56. The van der Waals surface area contributed by atoms with E-state index in [9.17, 15) is 4.79 Å². The molecule has 0 bridgehead atoms. The highest BCUT2D eigenvalue weighted by molar-refractivity contribution is 7.99. The molecule has 2 rings (SSSR count). The Balaban J connectivity index is 2.14. The first-order valence-electron chi connectivity index (χ1n) is 7.08. The second kappa shape index (κ2) is 8.56. The molecule has 0 radical (unpaired) electrons. The van der Waals surface area contributed by atoms with Crippen LogP contribution in [0.4, 0.5) is 5.69 Å². The van der Waals surface area contributed by atoms with E-state index in [4.69, 9.17) is 16.9 Å². The number of thioether (sulfide) groups is 1. The molecule has 2 heterocycles. The Morgan fingerprint density at radius 3 is 3.04 bits per heavy atom. The van der Waals surface area contributed by atoms with Crippen LogP contribution in [-0.2, 0) is 4.79 Å². The second-order valence-corrected chi connectivity index (χ2v) is 6.02. The highest BCUT2D eigenvalue weighted by atomic mass is 35.5. The standard InChI is InChI=1S/C15H16ClN5OS/c1-2-20(14(22)11-23-8-4-6-17)13-10-21(19-15(13)16)12-5-3-7-18-9-12/h3,5,7,9-10H,2,4,8,11H2,1H3.